The molecule has 3 N–H and O–H groups in total. The standard InChI is InChI=1S/C22H27N3O4/c1-14-6-5-7-15(2)22(14)25-21(28)13-23-20(27)12-19(24-16(3)26)17-8-10-18(29-4)11-9-17/h5-11,19H,12-13H2,1-4H3,(H,23,27)(H,24,26)(H,25,28)/t19-/m1/s1. The number of hydrogen-bond donors (Lipinski definition) is 3. The van der Waals surface area contributed by atoms with E-state index in [2.05, 4.69) is 16.0 Å². The second-order valence-corrected chi connectivity index (χ2v) is 6.82. The van der Waals surface area contributed by atoms with Crippen molar-refractivity contribution in [2.24, 2.45) is 0 Å². The van der Waals surface area contributed by atoms with E-state index in [9.17, 15) is 14.4 Å². The minimum Gasteiger partial charge on any atom is -0.497 e. The number of carbonyl (C=O) groups is 3. The fourth-order valence-corrected chi connectivity index (χ4v) is 2.97. The molecule has 7 nitrogen and oxygen atoms in total. The molecule has 0 aliphatic heterocycles. The summed E-state index contributed by atoms with van der Waals surface area (Å²) < 4.78 is 5.13. The number of rotatable bonds is 8. The summed E-state index contributed by atoms with van der Waals surface area (Å²) in [6.45, 7) is 5.07. The van der Waals surface area contributed by atoms with Gasteiger partial charge >= 0.3 is 0 Å². The van der Waals surface area contributed by atoms with E-state index in [0.717, 1.165) is 22.4 Å². The highest BCUT2D eigenvalue weighted by Gasteiger charge is 2.18. The van der Waals surface area contributed by atoms with Gasteiger partial charge < -0.3 is 20.7 Å². The second-order valence-electron chi connectivity index (χ2n) is 6.82. The molecule has 2 rings (SSSR count). The van der Waals surface area contributed by atoms with Crippen molar-refractivity contribution < 1.29 is 19.1 Å². The van der Waals surface area contributed by atoms with E-state index < -0.39 is 6.04 Å². The first-order chi connectivity index (χ1) is 13.8. The van der Waals surface area contributed by atoms with Gasteiger partial charge in [-0.1, -0.05) is 30.3 Å². The van der Waals surface area contributed by atoms with Gasteiger partial charge in [0.05, 0.1) is 26.1 Å². The zero-order valence-corrected chi connectivity index (χ0v) is 17.2. The number of anilines is 1. The average Bonchev–Trinajstić information content (AvgIpc) is 2.68. The van der Waals surface area contributed by atoms with Crippen LogP contribution in [0.1, 0.15) is 36.1 Å². The van der Waals surface area contributed by atoms with E-state index >= 15 is 0 Å². The Bertz CT molecular complexity index is 858. The Morgan fingerprint density at radius 1 is 0.966 bits per heavy atom. The molecule has 0 aromatic heterocycles. The molecule has 0 unspecified atom stereocenters. The highest BCUT2D eigenvalue weighted by Crippen LogP contribution is 2.21. The number of aryl methyl sites for hydroxylation is 2. The molecule has 0 saturated carbocycles. The Kier molecular flexibility index (Phi) is 7.77. The van der Waals surface area contributed by atoms with E-state index in [0.29, 0.717) is 5.75 Å². The zero-order valence-electron chi connectivity index (χ0n) is 17.2. The summed E-state index contributed by atoms with van der Waals surface area (Å²) in [5.74, 6) is -0.207. The van der Waals surface area contributed by atoms with Crippen molar-refractivity contribution in [1.29, 1.82) is 0 Å². The molecule has 0 aliphatic rings. The van der Waals surface area contributed by atoms with Gasteiger partial charge in [-0.25, -0.2) is 0 Å². The van der Waals surface area contributed by atoms with Crippen LogP contribution in [0.2, 0.25) is 0 Å². The Morgan fingerprint density at radius 2 is 1.59 bits per heavy atom. The number of carbonyl (C=O) groups excluding carboxylic acids is 3. The first-order valence-electron chi connectivity index (χ1n) is 9.34. The van der Waals surface area contributed by atoms with Gasteiger partial charge in [0.2, 0.25) is 17.7 Å². The monoisotopic (exact) mass is 397 g/mol. The van der Waals surface area contributed by atoms with Crippen LogP contribution in [0.25, 0.3) is 0 Å². The molecule has 7 heteroatoms. The molecule has 0 saturated heterocycles. The maximum atomic E-state index is 12.4. The summed E-state index contributed by atoms with van der Waals surface area (Å²) in [5.41, 5.74) is 3.43. The summed E-state index contributed by atoms with van der Waals surface area (Å²) in [5, 5.41) is 8.20. The fourth-order valence-electron chi connectivity index (χ4n) is 2.97. The van der Waals surface area contributed by atoms with Crippen LogP contribution in [-0.2, 0) is 14.4 Å². The number of hydrogen-bond acceptors (Lipinski definition) is 4. The Balaban J connectivity index is 1.95. The van der Waals surface area contributed by atoms with Crippen LogP contribution >= 0.6 is 0 Å². The highest BCUT2D eigenvalue weighted by atomic mass is 16.5. The molecule has 3 amide bonds. The minimum atomic E-state index is -0.500. The normalized spacial score (nSPS) is 11.3. The number of para-hydroxylation sites is 1. The van der Waals surface area contributed by atoms with Crippen LogP contribution in [-0.4, -0.2) is 31.4 Å². The molecule has 0 bridgehead atoms. The smallest absolute Gasteiger partial charge is 0.243 e. The molecule has 0 spiro atoms. The van der Waals surface area contributed by atoms with Gasteiger partial charge in [0, 0.05) is 12.6 Å². The Labute approximate surface area is 170 Å². The van der Waals surface area contributed by atoms with Crippen molar-refractivity contribution in [3.8, 4) is 5.75 Å². The van der Waals surface area contributed by atoms with Crippen molar-refractivity contribution in [2.45, 2.75) is 33.2 Å². The van der Waals surface area contributed by atoms with Gasteiger partial charge in [-0.05, 0) is 42.7 Å². The molecular formula is C22H27N3O4. The highest BCUT2D eigenvalue weighted by molar-refractivity contribution is 5.95. The van der Waals surface area contributed by atoms with E-state index in [1.54, 1.807) is 31.4 Å². The molecule has 29 heavy (non-hydrogen) atoms. The third-order valence-corrected chi connectivity index (χ3v) is 4.48. The molecule has 2 aromatic rings. The van der Waals surface area contributed by atoms with Crippen molar-refractivity contribution in [3.05, 3.63) is 59.2 Å². The van der Waals surface area contributed by atoms with E-state index in [4.69, 9.17) is 4.74 Å². The zero-order chi connectivity index (χ0) is 21.4. The quantitative estimate of drug-likeness (QED) is 0.638. The van der Waals surface area contributed by atoms with E-state index in [1.807, 2.05) is 32.0 Å². The maximum absolute atomic E-state index is 12.4. The first kappa shape index (κ1) is 21.9. The average molecular weight is 397 g/mol. The summed E-state index contributed by atoms with van der Waals surface area (Å²) in [6.07, 6.45) is 0.0164. The van der Waals surface area contributed by atoms with Crippen molar-refractivity contribution >= 4 is 23.4 Å². The maximum Gasteiger partial charge on any atom is 0.243 e. The second kappa shape index (κ2) is 10.3. The first-order valence-corrected chi connectivity index (χ1v) is 9.34. The fraction of sp³-hybridized carbons (Fsp3) is 0.318. The lowest BCUT2D eigenvalue weighted by Crippen LogP contribution is -2.36. The van der Waals surface area contributed by atoms with Gasteiger partial charge in [-0.3, -0.25) is 14.4 Å². The number of ether oxygens (including phenoxy) is 1. The topological polar surface area (TPSA) is 96.5 Å². The van der Waals surface area contributed by atoms with E-state index in [-0.39, 0.29) is 30.7 Å². The van der Waals surface area contributed by atoms with Crippen LogP contribution in [0.3, 0.4) is 0 Å². The number of methoxy groups -OCH3 is 1. The van der Waals surface area contributed by atoms with Crippen LogP contribution in [0.4, 0.5) is 5.69 Å². The molecule has 154 valence electrons. The SMILES string of the molecule is COc1ccc([C@@H](CC(=O)NCC(=O)Nc2c(C)cccc2C)NC(C)=O)cc1. The van der Waals surface area contributed by atoms with Crippen molar-refractivity contribution in [2.75, 3.05) is 19.0 Å². The van der Waals surface area contributed by atoms with E-state index in [1.165, 1.54) is 6.92 Å². The predicted molar refractivity (Wildman–Crippen MR) is 112 cm³/mol. The lowest BCUT2D eigenvalue weighted by atomic mass is 10.0. The largest absolute Gasteiger partial charge is 0.497 e. The third-order valence-electron chi connectivity index (χ3n) is 4.48. The summed E-state index contributed by atoms with van der Waals surface area (Å²) in [4.78, 5) is 36.1. The molecule has 0 fully saturated rings. The molecule has 1 atom stereocenters. The number of benzene rings is 2. The van der Waals surface area contributed by atoms with Crippen molar-refractivity contribution in [3.63, 3.8) is 0 Å². The predicted octanol–water partition coefficient (Wildman–Crippen LogP) is 2.63. The van der Waals surface area contributed by atoms with Gasteiger partial charge in [0.1, 0.15) is 5.75 Å². The van der Waals surface area contributed by atoms with Crippen LogP contribution in [0, 0.1) is 13.8 Å². The molecule has 0 heterocycles. The molecule has 2 aromatic carbocycles. The van der Waals surface area contributed by atoms with Gasteiger partial charge in [-0.15, -0.1) is 0 Å². The molecule has 0 radical (unpaired) electrons. The number of nitrogens with one attached hydrogen (secondary N) is 3. The summed E-state index contributed by atoms with van der Waals surface area (Å²) in [6, 6.07) is 12.4. The summed E-state index contributed by atoms with van der Waals surface area (Å²) >= 11 is 0. The van der Waals surface area contributed by atoms with Crippen LogP contribution in [0.15, 0.2) is 42.5 Å². The Hall–Kier alpha value is -3.35. The van der Waals surface area contributed by atoms with Gasteiger partial charge in [0.25, 0.3) is 0 Å². The Morgan fingerprint density at radius 3 is 2.14 bits per heavy atom. The van der Waals surface area contributed by atoms with Crippen LogP contribution < -0.4 is 20.7 Å². The third kappa shape index (κ3) is 6.64. The van der Waals surface area contributed by atoms with Gasteiger partial charge in [-0.2, -0.15) is 0 Å². The number of amides is 3. The summed E-state index contributed by atoms with van der Waals surface area (Å²) in [7, 11) is 1.57. The minimum absolute atomic E-state index is 0.0164. The lowest BCUT2D eigenvalue weighted by Gasteiger charge is -2.18. The van der Waals surface area contributed by atoms with Crippen molar-refractivity contribution in [1.82, 2.24) is 10.6 Å². The van der Waals surface area contributed by atoms with Gasteiger partial charge in [0.15, 0.2) is 0 Å². The molecule has 0 aliphatic carbocycles. The van der Waals surface area contributed by atoms with Crippen LogP contribution in [0.5, 0.6) is 5.75 Å². The lowest BCUT2D eigenvalue weighted by molar-refractivity contribution is -0.125. The molecular weight excluding hydrogens is 370 g/mol.